The highest BCUT2D eigenvalue weighted by Crippen LogP contribution is 2.41. The second kappa shape index (κ2) is 10.3. The second-order valence-electron chi connectivity index (χ2n) is 11.3. The van der Waals surface area contributed by atoms with Crippen LogP contribution in [0.2, 0.25) is 0 Å². The molecule has 214 valence electrons. The summed E-state index contributed by atoms with van der Waals surface area (Å²) in [5, 5.41) is 3.25. The number of hydrogen-bond acceptors (Lipinski definition) is 3. The van der Waals surface area contributed by atoms with Crippen LogP contribution in [0.1, 0.15) is 0 Å². The average Bonchev–Trinajstić information content (AvgIpc) is 3.68. The summed E-state index contributed by atoms with van der Waals surface area (Å²) < 4.78 is 8.99. The first-order valence-electron chi connectivity index (χ1n) is 15.1. The summed E-state index contributed by atoms with van der Waals surface area (Å²) in [6, 6.07) is 49.1. The summed E-state index contributed by atoms with van der Waals surface area (Å²) in [6.45, 7) is 8.00. The Morgan fingerprint density at radius 2 is 1.17 bits per heavy atom. The summed E-state index contributed by atoms with van der Waals surface area (Å²) in [5.74, 6) is 0.642. The van der Waals surface area contributed by atoms with Gasteiger partial charge in [-0.1, -0.05) is 109 Å². The van der Waals surface area contributed by atoms with Crippen molar-refractivity contribution in [3.63, 3.8) is 0 Å². The molecule has 0 aliphatic carbocycles. The van der Waals surface area contributed by atoms with E-state index in [1.54, 1.807) is 0 Å². The first-order valence-corrected chi connectivity index (χ1v) is 15.1. The van der Waals surface area contributed by atoms with Crippen molar-refractivity contribution in [1.82, 2.24) is 14.5 Å². The monoisotopic (exact) mass is 588 g/mol. The van der Waals surface area contributed by atoms with Gasteiger partial charge in [-0.05, 0) is 42.0 Å². The average molecular weight is 589 g/mol. The predicted molar refractivity (Wildman–Crippen MR) is 186 cm³/mol. The van der Waals surface area contributed by atoms with Crippen LogP contribution in [0.5, 0.6) is 0 Å². The molecule has 0 spiro atoms. The zero-order valence-corrected chi connectivity index (χ0v) is 24.6. The molecule has 9 aromatic rings. The van der Waals surface area contributed by atoms with Gasteiger partial charge in [-0.3, -0.25) is 0 Å². The molecule has 5 nitrogen and oxygen atoms in total. The molecule has 5 heteroatoms. The van der Waals surface area contributed by atoms with Gasteiger partial charge in [0.15, 0.2) is 17.1 Å². The number of furan rings is 1. The fraction of sp³-hybridized carbons (Fsp3) is 0. The SMILES string of the molecule is [C-]#[N+]c1cc(-c2cccc3c2oc2c(-c4ccccc4)nc(-c4ccccc4)nc23)cc(-n2c3ccccc3c3ccccc32)c1. The van der Waals surface area contributed by atoms with Crippen LogP contribution in [0.25, 0.3) is 88.2 Å². The maximum atomic E-state index is 8.00. The Morgan fingerprint density at radius 1 is 0.543 bits per heavy atom. The number of rotatable bonds is 4. The molecule has 6 aromatic carbocycles. The minimum Gasteiger partial charge on any atom is -0.451 e. The third kappa shape index (κ3) is 4.02. The number of para-hydroxylation sites is 3. The molecule has 0 aliphatic heterocycles. The standard InChI is InChI=1S/C41H24N4O/c1-42-29-23-28(24-30(25-29)45-35-21-10-8-17-32(35)33-18-9-11-22-36(33)45)31-19-12-20-34-38-40(46-39(31)34)37(26-13-4-2-5-14-26)43-41(44-38)27-15-6-3-7-16-27/h2-25H. The van der Waals surface area contributed by atoms with Crippen molar-refractivity contribution in [2.75, 3.05) is 0 Å². The summed E-state index contributed by atoms with van der Waals surface area (Å²) in [7, 11) is 0. The Balaban J connectivity index is 1.32. The van der Waals surface area contributed by atoms with Crippen molar-refractivity contribution >= 4 is 49.6 Å². The lowest BCUT2D eigenvalue weighted by Gasteiger charge is -2.12. The summed E-state index contributed by atoms with van der Waals surface area (Å²) in [6.07, 6.45) is 0. The molecule has 0 saturated carbocycles. The molecule has 3 heterocycles. The van der Waals surface area contributed by atoms with E-state index in [1.807, 2.05) is 84.9 Å². The van der Waals surface area contributed by atoms with Crippen LogP contribution in [-0.2, 0) is 0 Å². The fourth-order valence-corrected chi connectivity index (χ4v) is 6.55. The third-order valence-electron chi connectivity index (χ3n) is 8.60. The van der Waals surface area contributed by atoms with E-state index in [-0.39, 0.29) is 0 Å². The Bertz CT molecular complexity index is 2590. The van der Waals surface area contributed by atoms with E-state index >= 15 is 0 Å². The lowest BCUT2D eigenvalue weighted by molar-refractivity contribution is 0.668. The smallest absolute Gasteiger partial charge is 0.189 e. The first kappa shape index (κ1) is 25.9. The number of hydrogen-bond donors (Lipinski definition) is 0. The molecule has 46 heavy (non-hydrogen) atoms. The lowest BCUT2D eigenvalue weighted by atomic mass is 10.0. The van der Waals surface area contributed by atoms with Crippen LogP contribution < -0.4 is 0 Å². The minimum atomic E-state index is 0.554. The van der Waals surface area contributed by atoms with E-state index in [2.05, 4.69) is 70.1 Å². The molecular formula is C41H24N4O. The van der Waals surface area contributed by atoms with E-state index < -0.39 is 0 Å². The molecule has 0 aliphatic rings. The first-order chi connectivity index (χ1) is 22.8. The topological polar surface area (TPSA) is 48.2 Å². The van der Waals surface area contributed by atoms with Crippen LogP contribution in [0.4, 0.5) is 5.69 Å². The Labute approximate surface area is 264 Å². The summed E-state index contributed by atoms with van der Waals surface area (Å²) in [5.41, 5.74) is 10.2. The Morgan fingerprint density at radius 3 is 1.87 bits per heavy atom. The second-order valence-corrected chi connectivity index (χ2v) is 11.3. The molecule has 0 N–H and O–H groups in total. The highest BCUT2D eigenvalue weighted by molar-refractivity contribution is 6.12. The highest BCUT2D eigenvalue weighted by atomic mass is 16.3. The maximum Gasteiger partial charge on any atom is 0.189 e. The van der Waals surface area contributed by atoms with Gasteiger partial charge in [-0.2, -0.15) is 0 Å². The Kier molecular flexibility index (Phi) is 5.81. The lowest BCUT2D eigenvalue weighted by Crippen LogP contribution is -1.94. The molecule has 0 unspecified atom stereocenters. The Hall–Kier alpha value is -6.51. The van der Waals surface area contributed by atoms with Crippen molar-refractivity contribution in [2.24, 2.45) is 0 Å². The number of fused-ring (bicyclic) bond motifs is 6. The van der Waals surface area contributed by atoms with Crippen LogP contribution in [-0.4, -0.2) is 14.5 Å². The van der Waals surface area contributed by atoms with E-state index in [0.29, 0.717) is 22.7 Å². The van der Waals surface area contributed by atoms with Crippen molar-refractivity contribution in [2.45, 2.75) is 0 Å². The van der Waals surface area contributed by atoms with Gasteiger partial charge >= 0.3 is 0 Å². The molecule has 0 radical (unpaired) electrons. The van der Waals surface area contributed by atoms with Gasteiger partial charge in [0.05, 0.1) is 17.6 Å². The van der Waals surface area contributed by atoms with Gasteiger partial charge in [-0.25, -0.2) is 14.8 Å². The quantitative estimate of drug-likeness (QED) is 0.192. The van der Waals surface area contributed by atoms with Crippen LogP contribution in [0.3, 0.4) is 0 Å². The fourth-order valence-electron chi connectivity index (χ4n) is 6.55. The van der Waals surface area contributed by atoms with Crippen LogP contribution in [0.15, 0.2) is 150 Å². The van der Waals surface area contributed by atoms with Gasteiger partial charge in [0.1, 0.15) is 16.8 Å². The van der Waals surface area contributed by atoms with Crippen molar-refractivity contribution < 1.29 is 4.42 Å². The number of benzene rings is 6. The third-order valence-corrected chi connectivity index (χ3v) is 8.60. The van der Waals surface area contributed by atoms with Gasteiger partial charge < -0.3 is 8.98 Å². The normalized spacial score (nSPS) is 11.5. The minimum absolute atomic E-state index is 0.554. The van der Waals surface area contributed by atoms with Crippen molar-refractivity contribution in [3.8, 4) is 39.5 Å². The number of aromatic nitrogens is 3. The number of nitrogens with zero attached hydrogens (tertiary/aromatic N) is 4. The predicted octanol–water partition coefficient (Wildman–Crippen LogP) is 11.0. The molecule has 0 bridgehead atoms. The highest BCUT2D eigenvalue weighted by Gasteiger charge is 2.21. The van der Waals surface area contributed by atoms with Crippen LogP contribution >= 0.6 is 0 Å². The van der Waals surface area contributed by atoms with Gasteiger partial charge in [0.25, 0.3) is 0 Å². The molecule has 0 amide bonds. The molecule has 0 saturated heterocycles. The van der Waals surface area contributed by atoms with Gasteiger partial charge in [0, 0.05) is 38.5 Å². The van der Waals surface area contributed by atoms with E-state index in [4.69, 9.17) is 21.0 Å². The maximum absolute atomic E-state index is 8.00. The van der Waals surface area contributed by atoms with Crippen molar-refractivity contribution in [3.05, 3.63) is 157 Å². The van der Waals surface area contributed by atoms with E-state index in [1.165, 1.54) is 10.8 Å². The zero-order chi connectivity index (χ0) is 30.6. The van der Waals surface area contributed by atoms with Crippen molar-refractivity contribution in [1.29, 1.82) is 0 Å². The summed E-state index contributed by atoms with van der Waals surface area (Å²) >= 11 is 0. The largest absolute Gasteiger partial charge is 0.451 e. The zero-order valence-electron chi connectivity index (χ0n) is 24.6. The molecule has 9 rings (SSSR count). The van der Waals surface area contributed by atoms with E-state index in [0.717, 1.165) is 55.6 Å². The van der Waals surface area contributed by atoms with Crippen LogP contribution in [0, 0.1) is 6.57 Å². The molecule has 3 aromatic heterocycles. The van der Waals surface area contributed by atoms with Gasteiger partial charge in [0.2, 0.25) is 0 Å². The molecule has 0 atom stereocenters. The molecule has 0 fully saturated rings. The van der Waals surface area contributed by atoms with E-state index in [9.17, 15) is 0 Å². The van der Waals surface area contributed by atoms with Gasteiger partial charge in [-0.15, -0.1) is 0 Å². The molecular weight excluding hydrogens is 564 g/mol. The summed E-state index contributed by atoms with van der Waals surface area (Å²) in [4.78, 5) is 14.0.